The monoisotopic (exact) mass is 612 g/mol. The van der Waals surface area contributed by atoms with Crippen LogP contribution in [0.5, 0.6) is 0 Å². The van der Waals surface area contributed by atoms with Crippen LogP contribution in [-0.4, -0.2) is 32.0 Å². The predicted molar refractivity (Wildman–Crippen MR) is 126 cm³/mol. The highest BCUT2D eigenvalue weighted by Crippen LogP contribution is 2.54. The lowest BCUT2D eigenvalue weighted by Gasteiger charge is -2.38. The van der Waals surface area contributed by atoms with Gasteiger partial charge in [0, 0.05) is 11.1 Å². The third-order valence-electron chi connectivity index (χ3n) is 7.15. The zero-order chi connectivity index (χ0) is 30.4. The van der Waals surface area contributed by atoms with Crippen molar-refractivity contribution in [3.8, 4) is 0 Å². The first-order valence-electron chi connectivity index (χ1n) is 12.0. The molecule has 1 aliphatic rings. The molecule has 0 aromatic heterocycles. The van der Waals surface area contributed by atoms with E-state index in [0.29, 0.717) is 30.3 Å². The Kier molecular flexibility index (Phi) is 8.00. The summed E-state index contributed by atoms with van der Waals surface area (Å²) < 4.78 is 156. The zero-order valence-electron chi connectivity index (χ0n) is 20.7. The molecule has 0 heterocycles. The van der Waals surface area contributed by atoms with Crippen LogP contribution in [0.15, 0.2) is 71.6 Å². The fourth-order valence-electron chi connectivity index (χ4n) is 5.07. The molecule has 0 spiro atoms. The Labute approximate surface area is 228 Å². The molecular formula is C27H21F9O4S. The van der Waals surface area contributed by atoms with Crippen LogP contribution in [0.1, 0.15) is 36.0 Å². The average Bonchev–Trinajstić information content (AvgIpc) is 3.29. The molecule has 0 amide bonds. The van der Waals surface area contributed by atoms with Crippen LogP contribution in [0.2, 0.25) is 0 Å². The van der Waals surface area contributed by atoms with Gasteiger partial charge in [0.2, 0.25) is 0 Å². The van der Waals surface area contributed by atoms with E-state index in [9.17, 15) is 53.0 Å². The lowest BCUT2D eigenvalue weighted by atomic mass is 9.88. The lowest BCUT2D eigenvalue weighted by Crippen LogP contribution is -2.55. The summed E-state index contributed by atoms with van der Waals surface area (Å²) in [5, 5.41) is 10.2. The maximum atomic E-state index is 14.2. The average molecular weight is 613 g/mol. The fourth-order valence-corrected chi connectivity index (χ4v) is 7.26. The summed E-state index contributed by atoms with van der Waals surface area (Å²) in [6, 6.07) is 7.49. The Hall–Kier alpha value is -3.10. The first kappa shape index (κ1) is 30.8. The highest BCUT2D eigenvalue weighted by molar-refractivity contribution is 7.92. The maximum Gasteiger partial charge on any atom is 0.430 e. The van der Waals surface area contributed by atoms with Crippen molar-refractivity contribution in [3.63, 3.8) is 0 Å². The van der Waals surface area contributed by atoms with Gasteiger partial charge in [0.15, 0.2) is 9.84 Å². The molecule has 1 aliphatic carbocycles. The first-order chi connectivity index (χ1) is 18.9. The van der Waals surface area contributed by atoms with Crippen molar-refractivity contribution in [3.05, 3.63) is 101 Å². The number of ether oxygens (including phenoxy) is 1. The minimum absolute atomic E-state index is 0.0421. The Balaban J connectivity index is 1.82. The number of hydrogen-bond acceptors (Lipinski definition) is 4. The van der Waals surface area contributed by atoms with Crippen LogP contribution in [-0.2, 0) is 31.5 Å². The van der Waals surface area contributed by atoms with Gasteiger partial charge in [-0.1, -0.05) is 24.3 Å². The number of aliphatic hydroxyl groups excluding tert-OH is 1. The van der Waals surface area contributed by atoms with Crippen molar-refractivity contribution in [2.75, 3.05) is 0 Å². The van der Waals surface area contributed by atoms with Crippen molar-refractivity contribution in [2.45, 2.75) is 59.6 Å². The molecule has 0 aliphatic heterocycles. The molecule has 4 nitrogen and oxygen atoms in total. The van der Waals surface area contributed by atoms with Gasteiger partial charge in [-0.15, -0.1) is 0 Å². The largest absolute Gasteiger partial charge is 0.430 e. The Morgan fingerprint density at radius 1 is 0.829 bits per heavy atom. The molecule has 1 fully saturated rings. The fraction of sp³-hybridized carbons (Fsp3) is 0.333. The van der Waals surface area contributed by atoms with Crippen LogP contribution >= 0.6 is 0 Å². The van der Waals surface area contributed by atoms with Crippen molar-refractivity contribution in [1.82, 2.24) is 0 Å². The molecule has 4 rings (SSSR count). The van der Waals surface area contributed by atoms with E-state index in [2.05, 4.69) is 4.74 Å². The molecule has 0 radical (unpaired) electrons. The van der Waals surface area contributed by atoms with Crippen LogP contribution in [0.25, 0.3) is 0 Å². The van der Waals surface area contributed by atoms with Gasteiger partial charge >= 0.3 is 12.4 Å². The van der Waals surface area contributed by atoms with Gasteiger partial charge in [-0.2, -0.15) is 26.3 Å². The van der Waals surface area contributed by atoms with E-state index in [1.807, 2.05) is 0 Å². The van der Waals surface area contributed by atoms with E-state index in [4.69, 9.17) is 0 Å². The van der Waals surface area contributed by atoms with Gasteiger partial charge in [-0.3, -0.25) is 0 Å². The number of rotatable bonds is 7. The second-order valence-corrected chi connectivity index (χ2v) is 11.9. The van der Waals surface area contributed by atoms with Crippen LogP contribution < -0.4 is 0 Å². The summed E-state index contributed by atoms with van der Waals surface area (Å²) >= 11 is 0. The quantitative estimate of drug-likeness (QED) is 0.234. The highest BCUT2D eigenvalue weighted by Gasteiger charge is 2.73. The third-order valence-corrected chi connectivity index (χ3v) is 9.68. The van der Waals surface area contributed by atoms with Crippen LogP contribution in [0.4, 0.5) is 39.5 Å². The lowest BCUT2D eigenvalue weighted by molar-refractivity contribution is -0.392. The van der Waals surface area contributed by atoms with E-state index in [0.717, 1.165) is 36.4 Å². The summed E-state index contributed by atoms with van der Waals surface area (Å²) in [6.07, 6.45) is -14.2. The molecule has 0 saturated heterocycles. The molecule has 2 atom stereocenters. The van der Waals surface area contributed by atoms with Gasteiger partial charge in [0.05, 0.1) is 17.6 Å². The topological polar surface area (TPSA) is 63.6 Å². The summed E-state index contributed by atoms with van der Waals surface area (Å²) in [5.41, 5.74) is -7.61. The number of aliphatic hydroxyl groups is 1. The summed E-state index contributed by atoms with van der Waals surface area (Å²) in [6.45, 7) is -1.61. The number of hydrogen-bond donors (Lipinski definition) is 1. The molecule has 0 bridgehead atoms. The minimum atomic E-state index is -6.15. The second-order valence-electron chi connectivity index (χ2n) is 9.63. The molecule has 0 unspecified atom stereocenters. The molecule has 3 aromatic rings. The Morgan fingerprint density at radius 3 is 1.90 bits per heavy atom. The number of alkyl halides is 6. The van der Waals surface area contributed by atoms with Gasteiger partial charge in [0.1, 0.15) is 22.2 Å². The van der Waals surface area contributed by atoms with Crippen LogP contribution in [0.3, 0.4) is 0 Å². The normalized spacial score (nSPS) is 20.4. The number of sulfone groups is 1. The van der Waals surface area contributed by atoms with E-state index in [-0.39, 0.29) is 23.3 Å². The SMILES string of the molecule is O=S(=O)(c1ccc(F)cc1)[C@@]1(c2ccc(C(OCc3cc(F)ccc3F)(C(F)(F)F)C(F)(F)F)cc2)CC[C@H](O)C1. The molecule has 3 aromatic carbocycles. The van der Waals surface area contributed by atoms with E-state index >= 15 is 0 Å². The second kappa shape index (κ2) is 10.6. The summed E-state index contributed by atoms with van der Waals surface area (Å²) in [5.74, 6) is -3.17. The molecule has 1 N–H and O–H groups in total. The van der Waals surface area contributed by atoms with E-state index < -0.39 is 80.2 Å². The van der Waals surface area contributed by atoms with E-state index in [1.54, 1.807) is 0 Å². The zero-order valence-corrected chi connectivity index (χ0v) is 21.6. The summed E-state index contributed by atoms with van der Waals surface area (Å²) in [4.78, 5) is -0.363. The Morgan fingerprint density at radius 2 is 1.39 bits per heavy atom. The van der Waals surface area contributed by atoms with Gasteiger partial charge in [-0.05, 0) is 67.3 Å². The van der Waals surface area contributed by atoms with Gasteiger partial charge in [-0.25, -0.2) is 21.6 Å². The Bertz CT molecular complexity index is 1490. The van der Waals surface area contributed by atoms with Gasteiger partial charge < -0.3 is 9.84 Å². The predicted octanol–water partition coefficient (Wildman–Crippen LogP) is 6.85. The smallest absolute Gasteiger partial charge is 0.393 e. The first-order valence-corrected chi connectivity index (χ1v) is 13.4. The van der Waals surface area contributed by atoms with Crippen molar-refractivity contribution < 1.29 is 57.8 Å². The maximum absolute atomic E-state index is 14.2. The molecule has 14 heteroatoms. The number of halogens is 9. The highest BCUT2D eigenvalue weighted by atomic mass is 32.2. The minimum Gasteiger partial charge on any atom is -0.393 e. The van der Waals surface area contributed by atoms with Crippen molar-refractivity contribution in [2.24, 2.45) is 0 Å². The molecular weight excluding hydrogens is 591 g/mol. The number of benzene rings is 3. The van der Waals surface area contributed by atoms with Crippen LogP contribution in [0, 0.1) is 17.5 Å². The van der Waals surface area contributed by atoms with E-state index in [1.165, 1.54) is 0 Å². The molecule has 222 valence electrons. The third kappa shape index (κ3) is 5.32. The van der Waals surface area contributed by atoms with Crippen molar-refractivity contribution in [1.29, 1.82) is 0 Å². The standard InChI is InChI=1S/C27H21F9O4S/c28-19-5-8-22(9-6-19)41(38,39)24(12-11-21(37)14-24)17-1-3-18(4-2-17)25(26(31,32)33,27(34,35)36)40-15-16-13-20(29)7-10-23(16)30/h1-10,13,21,37H,11-12,14-15H2/t21-,24-/m0/s1. The van der Waals surface area contributed by atoms with Crippen molar-refractivity contribution >= 4 is 9.84 Å². The molecule has 41 heavy (non-hydrogen) atoms. The molecule has 1 saturated carbocycles. The summed E-state index contributed by atoms with van der Waals surface area (Å²) in [7, 11) is -4.44. The van der Waals surface area contributed by atoms with Gasteiger partial charge in [0.25, 0.3) is 5.60 Å².